The summed E-state index contributed by atoms with van der Waals surface area (Å²) >= 11 is 0. The zero-order valence-electron chi connectivity index (χ0n) is 18.9. The quantitative estimate of drug-likeness (QED) is 0.439. The summed E-state index contributed by atoms with van der Waals surface area (Å²) in [4.78, 5) is 39.6. The maximum atomic E-state index is 13.5. The van der Waals surface area contributed by atoms with E-state index in [1.165, 1.54) is 38.0 Å². The maximum absolute atomic E-state index is 13.5. The minimum absolute atomic E-state index is 0.191. The van der Waals surface area contributed by atoms with Crippen molar-refractivity contribution < 1.29 is 23.5 Å². The number of rotatable bonds is 7. The Morgan fingerprint density at radius 1 is 1.03 bits per heavy atom. The van der Waals surface area contributed by atoms with Gasteiger partial charge in [-0.1, -0.05) is 17.3 Å². The van der Waals surface area contributed by atoms with E-state index in [1.807, 2.05) is 0 Å². The van der Waals surface area contributed by atoms with Gasteiger partial charge in [0, 0.05) is 18.2 Å². The van der Waals surface area contributed by atoms with Crippen molar-refractivity contribution in [1.82, 2.24) is 14.3 Å². The molecule has 2 aromatic heterocycles. The standard InChI is InChI=1S/C23H22N4O7/c1-13-9-19(25-34-13)24-20(28)12-26-16-8-6-5-7-15(16)22(29)27(23(26)30)14-10-17(31-2)21(33-4)18(11-14)32-3/h5-11H,12H2,1-4H3,(H,24,25,28). The fourth-order valence-corrected chi connectivity index (χ4v) is 3.65. The van der Waals surface area contributed by atoms with Gasteiger partial charge in [-0.3, -0.25) is 14.2 Å². The fraction of sp³-hybridized carbons (Fsp3) is 0.217. The lowest BCUT2D eigenvalue weighted by Crippen LogP contribution is -2.40. The van der Waals surface area contributed by atoms with Crippen LogP contribution in [0.3, 0.4) is 0 Å². The van der Waals surface area contributed by atoms with Crippen molar-refractivity contribution in [1.29, 1.82) is 0 Å². The number of methoxy groups -OCH3 is 3. The number of hydrogen-bond acceptors (Lipinski definition) is 8. The summed E-state index contributed by atoms with van der Waals surface area (Å²) in [6.07, 6.45) is 0. The Labute approximate surface area is 193 Å². The summed E-state index contributed by atoms with van der Waals surface area (Å²) in [7, 11) is 4.31. The van der Waals surface area contributed by atoms with E-state index >= 15 is 0 Å². The summed E-state index contributed by atoms with van der Waals surface area (Å²) in [5.41, 5.74) is -0.771. The van der Waals surface area contributed by atoms with Gasteiger partial charge in [-0.05, 0) is 19.1 Å². The van der Waals surface area contributed by atoms with E-state index in [0.29, 0.717) is 17.0 Å². The number of anilines is 1. The van der Waals surface area contributed by atoms with Crippen LogP contribution in [-0.2, 0) is 11.3 Å². The second-order valence-corrected chi connectivity index (χ2v) is 7.28. The van der Waals surface area contributed by atoms with E-state index in [0.717, 1.165) is 4.57 Å². The lowest BCUT2D eigenvalue weighted by molar-refractivity contribution is -0.116. The van der Waals surface area contributed by atoms with E-state index in [2.05, 4.69) is 10.5 Å². The summed E-state index contributed by atoms with van der Waals surface area (Å²) in [5, 5.41) is 6.56. The fourth-order valence-electron chi connectivity index (χ4n) is 3.65. The molecule has 0 saturated carbocycles. The number of nitrogens with one attached hydrogen (secondary N) is 1. The predicted molar refractivity (Wildman–Crippen MR) is 123 cm³/mol. The molecule has 34 heavy (non-hydrogen) atoms. The third-order valence-electron chi connectivity index (χ3n) is 5.16. The number of carbonyl (C=O) groups excluding carboxylic acids is 1. The van der Waals surface area contributed by atoms with E-state index in [-0.39, 0.29) is 34.9 Å². The van der Waals surface area contributed by atoms with Gasteiger partial charge < -0.3 is 24.1 Å². The van der Waals surface area contributed by atoms with Crippen molar-refractivity contribution in [3.05, 3.63) is 69.1 Å². The number of amides is 1. The molecular weight excluding hydrogens is 444 g/mol. The van der Waals surface area contributed by atoms with Crippen LogP contribution in [0.25, 0.3) is 16.6 Å². The summed E-state index contributed by atoms with van der Waals surface area (Å²) in [6, 6.07) is 11.1. The average Bonchev–Trinajstić information content (AvgIpc) is 3.25. The molecule has 0 aliphatic heterocycles. The molecule has 2 aromatic carbocycles. The van der Waals surface area contributed by atoms with Gasteiger partial charge in [0.25, 0.3) is 5.56 Å². The number of nitrogens with zero attached hydrogens (tertiary/aromatic N) is 3. The first-order chi connectivity index (χ1) is 16.4. The summed E-state index contributed by atoms with van der Waals surface area (Å²) in [6.45, 7) is 1.32. The van der Waals surface area contributed by atoms with Gasteiger partial charge in [0.1, 0.15) is 12.3 Å². The minimum Gasteiger partial charge on any atom is -0.493 e. The van der Waals surface area contributed by atoms with Gasteiger partial charge in [-0.25, -0.2) is 9.36 Å². The molecule has 176 valence electrons. The number of aromatic nitrogens is 3. The Kier molecular flexibility index (Phi) is 6.09. The number of hydrogen-bond donors (Lipinski definition) is 1. The van der Waals surface area contributed by atoms with Crippen LogP contribution in [0, 0.1) is 6.92 Å². The molecule has 4 rings (SSSR count). The Hall–Kier alpha value is -4.54. The SMILES string of the molecule is COc1cc(-n2c(=O)c3ccccc3n(CC(=O)Nc3cc(C)on3)c2=O)cc(OC)c1OC. The minimum atomic E-state index is -0.718. The molecule has 0 radical (unpaired) electrons. The van der Waals surface area contributed by atoms with E-state index < -0.39 is 17.2 Å². The number of fused-ring (bicyclic) bond motifs is 1. The third kappa shape index (κ3) is 3.98. The van der Waals surface area contributed by atoms with Crippen LogP contribution in [0.4, 0.5) is 5.82 Å². The Bertz CT molecular complexity index is 1470. The number of ether oxygens (including phenoxy) is 3. The summed E-state index contributed by atoms with van der Waals surface area (Å²) in [5.74, 6) is 1.07. The van der Waals surface area contributed by atoms with E-state index in [1.54, 1.807) is 37.3 Å². The molecular formula is C23H22N4O7. The highest BCUT2D eigenvalue weighted by atomic mass is 16.5. The molecule has 0 bridgehead atoms. The molecule has 0 saturated heterocycles. The molecule has 11 heteroatoms. The van der Waals surface area contributed by atoms with Gasteiger partial charge in [-0.15, -0.1) is 0 Å². The Morgan fingerprint density at radius 2 is 1.71 bits per heavy atom. The molecule has 4 aromatic rings. The first kappa shape index (κ1) is 22.6. The van der Waals surface area contributed by atoms with Crippen LogP contribution in [0.5, 0.6) is 17.2 Å². The van der Waals surface area contributed by atoms with E-state index in [9.17, 15) is 14.4 Å². The van der Waals surface area contributed by atoms with Crippen LogP contribution < -0.4 is 30.8 Å². The van der Waals surface area contributed by atoms with Crippen LogP contribution in [0.1, 0.15) is 5.76 Å². The molecule has 11 nitrogen and oxygen atoms in total. The van der Waals surface area contributed by atoms with Gasteiger partial charge in [0.2, 0.25) is 11.7 Å². The average molecular weight is 466 g/mol. The molecule has 0 aliphatic carbocycles. The lowest BCUT2D eigenvalue weighted by atomic mass is 10.2. The molecule has 0 atom stereocenters. The second kappa shape index (κ2) is 9.14. The maximum Gasteiger partial charge on any atom is 0.336 e. The van der Waals surface area contributed by atoms with Crippen LogP contribution in [-0.4, -0.2) is 41.5 Å². The van der Waals surface area contributed by atoms with E-state index in [4.69, 9.17) is 18.7 Å². The van der Waals surface area contributed by atoms with Crippen LogP contribution in [0.2, 0.25) is 0 Å². The highest BCUT2D eigenvalue weighted by Gasteiger charge is 2.20. The molecule has 2 heterocycles. The van der Waals surface area contributed by atoms with Crippen molar-refractivity contribution in [3.63, 3.8) is 0 Å². The van der Waals surface area contributed by atoms with Gasteiger partial charge in [0.15, 0.2) is 17.3 Å². The van der Waals surface area contributed by atoms with Crippen molar-refractivity contribution in [2.75, 3.05) is 26.6 Å². The van der Waals surface area contributed by atoms with Crippen molar-refractivity contribution >= 4 is 22.6 Å². The second-order valence-electron chi connectivity index (χ2n) is 7.28. The van der Waals surface area contributed by atoms with Crippen LogP contribution >= 0.6 is 0 Å². The third-order valence-corrected chi connectivity index (χ3v) is 5.16. The molecule has 0 fully saturated rings. The topological polar surface area (TPSA) is 127 Å². The zero-order valence-corrected chi connectivity index (χ0v) is 18.9. The van der Waals surface area contributed by atoms with Gasteiger partial charge >= 0.3 is 5.69 Å². The Morgan fingerprint density at radius 3 is 2.29 bits per heavy atom. The Balaban J connectivity index is 1.90. The monoisotopic (exact) mass is 466 g/mol. The van der Waals surface area contributed by atoms with Gasteiger partial charge in [0.05, 0.1) is 37.9 Å². The molecule has 1 N–H and O–H groups in total. The number of aryl methyl sites for hydroxylation is 1. The molecule has 0 aliphatic rings. The zero-order chi connectivity index (χ0) is 24.4. The van der Waals surface area contributed by atoms with Gasteiger partial charge in [-0.2, -0.15) is 0 Å². The largest absolute Gasteiger partial charge is 0.493 e. The number of carbonyl (C=O) groups is 1. The predicted octanol–water partition coefficient (Wildman–Crippen LogP) is 2.11. The molecule has 1 amide bonds. The molecule has 0 spiro atoms. The van der Waals surface area contributed by atoms with Crippen molar-refractivity contribution in [2.45, 2.75) is 13.5 Å². The van der Waals surface area contributed by atoms with Crippen molar-refractivity contribution in [2.24, 2.45) is 0 Å². The first-order valence-electron chi connectivity index (χ1n) is 10.2. The lowest BCUT2D eigenvalue weighted by Gasteiger charge is -2.17. The summed E-state index contributed by atoms with van der Waals surface area (Å²) < 4.78 is 23.2. The van der Waals surface area contributed by atoms with Crippen LogP contribution in [0.15, 0.2) is 56.6 Å². The van der Waals surface area contributed by atoms with Crippen molar-refractivity contribution in [3.8, 4) is 22.9 Å². The molecule has 0 unspecified atom stereocenters. The number of para-hydroxylation sites is 1. The highest BCUT2D eigenvalue weighted by Crippen LogP contribution is 2.38. The number of benzene rings is 2. The smallest absolute Gasteiger partial charge is 0.336 e. The highest BCUT2D eigenvalue weighted by molar-refractivity contribution is 5.90. The normalized spacial score (nSPS) is 10.8. The first-order valence-corrected chi connectivity index (χ1v) is 10.2.